The summed E-state index contributed by atoms with van der Waals surface area (Å²) in [6, 6.07) is 1.19. The fourth-order valence-electron chi connectivity index (χ4n) is 2.80. The van der Waals surface area contributed by atoms with E-state index >= 15 is 0 Å². The highest BCUT2D eigenvalue weighted by atomic mass is 16.2. The molecule has 3 heterocycles. The SMILES string of the molecule is CC1(C)CC1C(=O)N1C[C@H]2C[C@@H](C1)N2. The zero-order chi connectivity index (χ0) is 9.92. The van der Waals surface area contributed by atoms with Crippen molar-refractivity contribution in [2.75, 3.05) is 13.1 Å². The molecular formula is C11H18N2O. The van der Waals surface area contributed by atoms with Crippen molar-refractivity contribution >= 4 is 5.91 Å². The van der Waals surface area contributed by atoms with E-state index in [0.29, 0.717) is 23.9 Å². The Bertz CT molecular complexity index is 271. The van der Waals surface area contributed by atoms with Crippen molar-refractivity contribution in [1.82, 2.24) is 10.2 Å². The molecular weight excluding hydrogens is 176 g/mol. The molecule has 3 saturated heterocycles. The van der Waals surface area contributed by atoms with E-state index < -0.39 is 0 Å². The first-order valence-electron chi connectivity index (χ1n) is 5.61. The summed E-state index contributed by atoms with van der Waals surface area (Å²) in [5.41, 5.74) is 0.284. The van der Waals surface area contributed by atoms with Crippen molar-refractivity contribution in [2.24, 2.45) is 11.3 Å². The van der Waals surface area contributed by atoms with Crippen LogP contribution in [0.3, 0.4) is 0 Å². The van der Waals surface area contributed by atoms with Crippen molar-refractivity contribution < 1.29 is 4.79 Å². The maximum atomic E-state index is 12.0. The van der Waals surface area contributed by atoms with Gasteiger partial charge in [-0.05, 0) is 18.3 Å². The van der Waals surface area contributed by atoms with Crippen molar-refractivity contribution in [1.29, 1.82) is 0 Å². The molecule has 14 heavy (non-hydrogen) atoms. The van der Waals surface area contributed by atoms with Crippen molar-refractivity contribution in [3.8, 4) is 0 Å². The predicted octanol–water partition coefficient (Wildman–Crippen LogP) is 0.605. The third-order valence-electron chi connectivity index (χ3n) is 4.05. The Morgan fingerprint density at radius 1 is 1.36 bits per heavy atom. The highest BCUT2D eigenvalue weighted by molar-refractivity contribution is 5.82. The smallest absolute Gasteiger partial charge is 0.226 e. The Hall–Kier alpha value is -0.570. The molecule has 0 aromatic carbocycles. The Balaban J connectivity index is 1.64. The quantitative estimate of drug-likeness (QED) is 0.663. The lowest BCUT2D eigenvalue weighted by Crippen LogP contribution is -2.67. The van der Waals surface area contributed by atoms with Gasteiger partial charge in [-0.3, -0.25) is 4.79 Å². The highest BCUT2D eigenvalue weighted by Crippen LogP contribution is 2.52. The Morgan fingerprint density at radius 2 is 1.86 bits per heavy atom. The fraction of sp³-hybridized carbons (Fsp3) is 0.909. The summed E-state index contributed by atoms with van der Waals surface area (Å²) < 4.78 is 0. The molecule has 0 aromatic heterocycles. The number of hydrogen-bond acceptors (Lipinski definition) is 2. The predicted molar refractivity (Wildman–Crippen MR) is 53.8 cm³/mol. The minimum absolute atomic E-state index is 0.284. The highest BCUT2D eigenvalue weighted by Gasteiger charge is 2.53. The summed E-state index contributed by atoms with van der Waals surface area (Å²) in [7, 11) is 0. The van der Waals surface area contributed by atoms with Gasteiger partial charge in [0.15, 0.2) is 0 Å². The molecule has 3 atom stereocenters. The van der Waals surface area contributed by atoms with Crippen LogP contribution in [0.25, 0.3) is 0 Å². The van der Waals surface area contributed by atoms with Gasteiger partial charge in [0, 0.05) is 31.1 Å². The monoisotopic (exact) mass is 194 g/mol. The van der Waals surface area contributed by atoms with Crippen LogP contribution in [-0.2, 0) is 4.79 Å². The summed E-state index contributed by atoms with van der Waals surface area (Å²) in [4.78, 5) is 14.1. The van der Waals surface area contributed by atoms with E-state index in [1.807, 2.05) is 0 Å². The van der Waals surface area contributed by atoms with Crippen LogP contribution in [0.4, 0.5) is 0 Å². The zero-order valence-electron chi connectivity index (χ0n) is 8.92. The largest absolute Gasteiger partial charge is 0.339 e. The van der Waals surface area contributed by atoms with Crippen LogP contribution < -0.4 is 5.32 Å². The van der Waals surface area contributed by atoms with Gasteiger partial charge in [-0.15, -0.1) is 0 Å². The van der Waals surface area contributed by atoms with E-state index in [1.165, 1.54) is 6.42 Å². The van der Waals surface area contributed by atoms with Gasteiger partial charge in [0.1, 0.15) is 0 Å². The van der Waals surface area contributed by atoms with Gasteiger partial charge < -0.3 is 10.2 Å². The molecule has 1 aliphatic carbocycles. The number of nitrogens with one attached hydrogen (secondary N) is 1. The van der Waals surface area contributed by atoms with Crippen LogP contribution in [0.2, 0.25) is 0 Å². The van der Waals surface area contributed by atoms with Gasteiger partial charge in [-0.2, -0.15) is 0 Å². The lowest BCUT2D eigenvalue weighted by atomic mass is 9.91. The van der Waals surface area contributed by atoms with Gasteiger partial charge in [-0.25, -0.2) is 0 Å². The average Bonchev–Trinajstić information content (AvgIpc) is 2.73. The standard InChI is InChI=1S/C11H18N2O/c1-11(2)4-9(11)10(14)13-5-7-3-8(6-13)12-7/h7-9,12H,3-6H2,1-2H3/t7-,8+,9?. The molecule has 0 spiro atoms. The summed E-state index contributed by atoms with van der Waals surface area (Å²) in [5, 5.41) is 3.45. The Labute approximate surface area is 84.8 Å². The Morgan fingerprint density at radius 3 is 2.29 bits per heavy atom. The molecule has 0 aromatic rings. The third-order valence-corrected chi connectivity index (χ3v) is 4.05. The van der Waals surface area contributed by atoms with E-state index in [9.17, 15) is 4.79 Å². The van der Waals surface area contributed by atoms with Gasteiger partial charge in [0.2, 0.25) is 5.91 Å². The molecule has 1 saturated carbocycles. The van der Waals surface area contributed by atoms with Crippen LogP contribution in [0, 0.1) is 11.3 Å². The molecule has 78 valence electrons. The van der Waals surface area contributed by atoms with E-state index in [-0.39, 0.29) is 5.41 Å². The number of nitrogens with zero attached hydrogens (tertiary/aromatic N) is 1. The molecule has 0 radical (unpaired) electrons. The summed E-state index contributed by atoms with van der Waals surface area (Å²) in [5.74, 6) is 0.728. The van der Waals surface area contributed by atoms with Crippen LogP contribution in [0.5, 0.6) is 0 Å². The normalized spacial score (nSPS) is 43.0. The van der Waals surface area contributed by atoms with Gasteiger partial charge >= 0.3 is 0 Å². The summed E-state index contributed by atoms with van der Waals surface area (Å²) >= 11 is 0. The Kier molecular flexibility index (Phi) is 1.56. The average molecular weight is 194 g/mol. The first kappa shape index (κ1) is 8.72. The molecule has 1 amide bonds. The van der Waals surface area contributed by atoms with Crippen LogP contribution in [0.1, 0.15) is 26.7 Å². The zero-order valence-corrected chi connectivity index (χ0v) is 8.92. The number of fused-ring (bicyclic) bond motifs is 2. The van der Waals surface area contributed by atoms with Crippen molar-refractivity contribution in [2.45, 2.75) is 38.8 Å². The second kappa shape index (κ2) is 2.51. The number of piperazine rings is 1. The first-order valence-corrected chi connectivity index (χ1v) is 5.61. The lowest BCUT2D eigenvalue weighted by Gasteiger charge is -2.48. The van der Waals surface area contributed by atoms with E-state index in [2.05, 4.69) is 24.1 Å². The van der Waals surface area contributed by atoms with Gasteiger partial charge in [0.25, 0.3) is 0 Å². The van der Waals surface area contributed by atoms with Crippen molar-refractivity contribution in [3.63, 3.8) is 0 Å². The molecule has 4 fully saturated rings. The molecule has 2 bridgehead atoms. The van der Waals surface area contributed by atoms with E-state index in [1.54, 1.807) is 0 Å². The molecule has 1 unspecified atom stereocenters. The molecule has 1 N–H and O–H groups in total. The minimum atomic E-state index is 0.284. The molecule has 3 nitrogen and oxygen atoms in total. The van der Waals surface area contributed by atoms with Crippen LogP contribution >= 0.6 is 0 Å². The topological polar surface area (TPSA) is 32.3 Å². The fourth-order valence-corrected chi connectivity index (χ4v) is 2.80. The number of rotatable bonds is 1. The molecule has 4 aliphatic rings. The summed E-state index contributed by atoms with van der Waals surface area (Å²) in [6.07, 6.45) is 2.36. The van der Waals surface area contributed by atoms with E-state index in [4.69, 9.17) is 0 Å². The second-order valence-electron chi connectivity index (χ2n) is 5.78. The number of piperidine rings is 1. The maximum Gasteiger partial charge on any atom is 0.226 e. The number of carbonyl (C=O) groups excluding carboxylic acids is 1. The number of amides is 1. The third kappa shape index (κ3) is 1.18. The van der Waals surface area contributed by atoms with Gasteiger partial charge in [-0.1, -0.05) is 13.8 Å². The van der Waals surface area contributed by atoms with Crippen LogP contribution in [-0.4, -0.2) is 36.0 Å². The summed E-state index contributed by atoms with van der Waals surface area (Å²) in [6.45, 7) is 6.28. The maximum absolute atomic E-state index is 12.0. The van der Waals surface area contributed by atoms with Crippen molar-refractivity contribution in [3.05, 3.63) is 0 Å². The molecule has 4 rings (SSSR count). The number of hydrogen-bond donors (Lipinski definition) is 1. The lowest BCUT2D eigenvalue weighted by molar-refractivity contribution is -0.137. The number of carbonyl (C=O) groups is 1. The van der Waals surface area contributed by atoms with Crippen LogP contribution in [0.15, 0.2) is 0 Å². The molecule has 3 aliphatic heterocycles. The molecule has 3 heteroatoms. The second-order valence-corrected chi connectivity index (χ2v) is 5.78. The first-order chi connectivity index (χ1) is 6.56. The van der Waals surface area contributed by atoms with E-state index in [0.717, 1.165) is 19.5 Å². The van der Waals surface area contributed by atoms with Gasteiger partial charge in [0.05, 0.1) is 0 Å². The minimum Gasteiger partial charge on any atom is -0.339 e.